The van der Waals surface area contributed by atoms with Crippen molar-refractivity contribution < 1.29 is 28.2 Å². The molecule has 168 valence electrons. The second-order valence-electron chi connectivity index (χ2n) is 7.75. The molecule has 0 aliphatic rings. The molecule has 0 radical (unpaired) electrons. The molecule has 2 aromatic rings. The molecule has 0 bridgehead atoms. The van der Waals surface area contributed by atoms with Gasteiger partial charge in [-0.1, -0.05) is 19.9 Å². The molecule has 0 saturated carbocycles. The van der Waals surface area contributed by atoms with Crippen molar-refractivity contribution in [2.75, 3.05) is 21.3 Å². The summed E-state index contributed by atoms with van der Waals surface area (Å²) in [5, 5.41) is 10.3. The molecule has 8 nitrogen and oxygen atoms in total. The van der Waals surface area contributed by atoms with Gasteiger partial charge in [-0.25, -0.2) is 4.98 Å². The fraction of sp³-hybridized carbons (Fsp3) is 0.565. The zero-order chi connectivity index (χ0) is 23.0. The Morgan fingerprint density at radius 3 is 2.13 bits per heavy atom. The summed E-state index contributed by atoms with van der Waals surface area (Å²) in [6.07, 6.45) is 2.14. The summed E-state index contributed by atoms with van der Waals surface area (Å²) in [5.41, 5.74) is 0.804. The number of methoxy groups -OCH3 is 3. The zero-order valence-electron chi connectivity index (χ0n) is 18.8. The van der Waals surface area contributed by atoms with Gasteiger partial charge in [-0.2, -0.15) is 5.26 Å². The Kier molecular flexibility index (Phi) is 8.43. The number of ether oxygens (including phenoxy) is 3. The van der Waals surface area contributed by atoms with Crippen molar-refractivity contribution in [3.63, 3.8) is 0 Å². The minimum atomic E-state index is -0.961. The summed E-state index contributed by atoms with van der Waals surface area (Å²) < 4.78 is 20.9. The standard InChI is InChI=1S/C23H30N2O6/c1-15(2)22-25-20-16(10-11-17(28-3)21(20)31-22)23(14-24,12-6-8-18(26)29-4)13-7-9-19(27)30-5/h10-11,15H,6-9,12-13H2,1-5H3. The molecule has 1 aromatic carbocycles. The van der Waals surface area contributed by atoms with Crippen LogP contribution < -0.4 is 4.74 Å². The first kappa shape index (κ1) is 24.2. The van der Waals surface area contributed by atoms with E-state index in [4.69, 9.17) is 18.6 Å². The van der Waals surface area contributed by atoms with Crippen molar-refractivity contribution in [2.45, 2.75) is 63.7 Å². The summed E-state index contributed by atoms with van der Waals surface area (Å²) >= 11 is 0. The van der Waals surface area contributed by atoms with Gasteiger partial charge in [0.15, 0.2) is 17.2 Å². The molecular weight excluding hydrogens is 400 g/mol. The third kappa shape index (κ3) is 5.54. The van der Waals surface area contributed by atoms with Gasteiger partial charge < -0.3 is 18.6 Å². The van der Waals surface area contributed by atoms with Crippen LogP contribution in [0.15, 0.2) is 16.5 Å². The number of benzene rings is 1. The molecule has 0 saturated heterocycles. The van der Waals surface area contributed by atoms with E-state index in [-0.39, 0.29) is 30.7 Å². The SMILES string of the molecule is COC(=O)CCCC(C#N)(CCCC(=O)OC)c1ccc(OC)c2oc(C(C)C)nc12. The summed E-state index contributed by atoms with van der Waals surface area (Å²) in [7, 11) is 4.23. The maximum Gasteiger partial charge on any atom is 0.305 e. The highest BCUT2D eigenvalue weighted by Crippen LogP contribution is 2.42. The number of fused-ring (bicyclic) bond motifs is 1. The number of esters is 2. The molecule has 1 heterocycles. The second-order valence-corrected chi connectivity index (χ2v) is 7.75. The second kappa shape index (κ2) is 10.8. The highest BCUT2D eigenvalue weighted by molar-refractivity contribution is 5.84. The van der Waals surface area contributed by atoms with Crippen LogP contribution >= 0.6 is 0 Å². The van der Waals surface area contributed by atoms with E-state index in [0.717, 1.165) is 0 Å². The number of carbonyl (C=O) groups is 2. The molecule has 0 aliphatic heterocycles. The third-order valence-corrected chi connectivity index (χ3v) is 5.39. The lowest BCUT2D eigenvalue weighted by Gasteiger charge is -2.27. The van der Waals surface area contributed by atoms with E-state index < -0.39 is 5.41 Å². The lowest BCUT2D eigenvalue weighted by molar-refractivity contribution is -0.141. The van der Waals surface area contributed by atoms with E-state index in [0.29, 0.717) is 54.0 Å². The van der Waals surface area contributed by atoms with Crippen molar-refractivity contribution in [2.24, 2.45) is 0 Å². The van der Waals surface area contributed by atoms with Gasteiger partial charge in [0.1, 0.15) is 5.52 Å². The Morgan fingerprint density at radius 1 is 1.10 bits per heavy atom. The normalized spacial score (nSPS) is 11.4. The minimum Gasteiger partial charge on any atom is -0.493 e. The van der Waals surface area contributed by atoms with Crippen molar-refractivity contribution >= 4 is 23.0 Å². The number of hydrogen-bond acceptors (Lipinski definition) is 8. The van der Waals surface area contributed by atoms with Gasteiger partial charge in [-0.15, -0.1) is 0 Å². The summed E-state index contributed by atoms with van der Waals surface area (Å²) in [4.78, 5) is 27.9. The zero-order valence-corrected chi connectivity index (χ0v) is 18.8. The summed E-state index contributed by atoms with van der Waals surface area (Å²) in [6.45, 7) is 3.95. The summed E-state index contributed by atoms with van der Waals surface area (Å²) in [5.74, 6) is 0.487. The van der Waals surface area contributed by atoms with Gasteiger partial charge in [-0.3, -0.25) is 9.59 Å². The number of rotatable bonds is 11. The van der Waals surface area contributed by atoms with Gasteiger partial charge in [0.2, 0.25) is 0 Å². The highest BCUT2D eigenvalue weighted by Gasteiger charge is 2.36. The third-order valence-electron chi connectivity index (χ3n) is 5.39. The van der Waals surface area contributed by atoms with Crippen molar-refractivity contribution in [3.05, 3.63) is 23.6 Å². The number of aromatic nitrogens is 1. The summed E-state index contributed by atoms with van der Waals surface area (Å²) in [6, 6.07) is 6.05. The van der Waals surface area contributed by atoms with Crippen LogP contribution in [-0.2, 0) is 24.5 Å². The number of nitrogens with zero attached hydrogens (tertiary/aromatic N) is 2. The molecule has 0 unspecified atom stereocenters. The quantitative estimate of drug-likeness (QED) is 0.482. The van der Waals surface area contributed by atoms with Crippen molar-refractivity contribution in [1.29, 1.82) is 5.26 Å². The van der Waals surface area contributed by atoms with E-state index >= 15 is 0 Å². The Balaban J connectivity index is 2.52. The number of carbonyl (C=O) groups excluding carboxylic acids is 2. The molecule has 0 amide bonds. The Labute approximate surface area is 182 Å². The van der Waals surface area contributed by atoms with E-state index in [1.165, 1.54) is 14.2 Å². The van der Waals surface area contributed by atoms with Gasteiger partial charge in [0, 0.05) is 24.3 Å². The van der Waals surface area contributed by atoms with Crippen LogP contribution in [0.5, 0.6) is 5.75 Å². The molecule has 0 atom stereocenters. The van der Waals surface area contributed by atoms with Crippen LogP contribution in [0, 0.1) is 11.3 Å². The molecule has 0 aliphatic carbocycles. The van der Waals surface area contributed by atoms with Crippen LogP contribution in [-0.4, -0.2) is 38.3 Å². The smallest absolute Gasteiger partial charge is 0.305 e. The molecule has 0 spiro atoms. The van der Waals surface area contributed by atoms with Crippen LogP contribution in [0.4, 0.5) is 0 Å². The molecule has 8 heteroatoms. The Morgan fingerprint density at radius 2 is 1.68 bits per heavy atom. The maximum absolute atomic E-state index is 11.6. The van der Waals surface area contributed by atoms with Crippen molar-refractivity contribution in [1.82, 2.24) is 4.98 Å². The van der Waals surface area contributed by atoms with Crippen LogP contribution in [0.25, 0.3) is 11.1 Å². The lowest BCUT2D eigenvalue weighted by atomic mass is 9.73. The Bertz CT molecular complexity index is 935. The predicted octanol–water partition coefficient (Wildman–Crippen LogP) is 4.41. The first-order chi connectivity index (χ1) is 14.8. The monoisotopic (exact) mass is 430 g/mol. The van der Waals surface area contributed by atoms with Gasteiger partial charge in [0.05, 0.1) is 32.8 Å². The first-order valence-corrected chi connectivity index (χ1v) is 10.3. The largest absolute Gasteiger partial charge is 0.493 e. The fourth-order valence-corrected chi connectivity index (χ4v) is 3.63. The minimum absolute atomic E-state index is 0.0556. The number of oxazole rings is 1. The van der Waals surface area contributed by atoms with E-state index in [9.17, 15) is 14.9 Å². The van der Waals surface area contributed by atoms with Crippen LogP contribution in [0.1, 0.15) is 69.7 Å². The average molecular weight is 431 g/mol. The molecule has 2 rings (SSSR count). The van der Waals surface area contributed by atoms with Gasteiger partial charge in [0.25, 0.3) is 0 Å². The van der Waals surface area contributed by atoms with E-state index in [2.05, 4.69) is 11.1 Å². The van der Waals surface area contributed by atoms with Gasteiger partial charge >= 0.3 is 11.9 Å². The molecular formula is C23H30N2O6. The topological polar surface area (TPSA) is 112 Å². The molecule has 0 N–H and O–H groups in total. The fourth-order valence-electron chi connectivity index (χ4n) is 3.63. The van der Waals surface area contributed by atoms with Crippen LogP contribution in [0.2, 0.25) is 0 Å². The van der Waals surface area contributed by atoms with E-state index in [1.54, 1.807) is 13.2 Å². The number of hydrogen-bond donors (Lipinski definition) is 0. The Hall–Kier alpha value is -3.08. The predicted molar refractivity (Wildman–Crippen MR) is 114 cm³/mol. The van der Waals surface area contributed by atoms with Gasteiger partial charge in [-0.05, 0) is 31.7 Å². The molecule has 1 aromatic heterocycles. The number of nitriles is 1. The average Bonchev–Trinajstić information content (AvgIpc) is 3.23. The lowest BCUT2D eigenvalue weighted by Crippen LogP contribution is -2.26. The van der Waals surface area contributed by atoms with Crippen molar-refractivity contribution in [3.8, 4) is 11.8 Å². The molecule has 0 fully saturated rings. The van der Waals surface area contributed by atoms with E-state index in [1.807, 2.05) is 19.9 Å². The highest BCUT2D eigenvalue weighted by atomic mass is 16.5. The van der Waals surface area contributed by atoms with Crippen LogP contribution in [0.3, 0.4) is 0 Å². The molecule has 31 heavy (non-hydrogen) atoms. The maximum atomic E-state index is 11.6. The first-order valence-electron chi connectivity index (χ1n) is 10.3.